The van der Waals surface area contributed by atoms with Crippen molar-refractivity contribution < 1.29 is 26.9 Å². The zero-order valence-electron chi connectivity index (χ0n) is 13.1. The first kappa shape index (κ1) is 19.1. The van der Waals surface area contributed by atoms with Crippen LogP contribution in [-0.2, 0) is 29.5 Å². The van der Waals surface area contributed by atoms with Gasteiger partial charge in [0.1, 0.15) is 11.0 Å². The molecule has 0 aromatic carbocycles. The summed E-state index contributed by atoms with van der Waals surface area (Å²) >= 11 is 0. The van der Waals surface area contributed by atoms with Gasteiger partial charge in [0.25, 0.3) is 11.0 Å². The summed E-state index contributed by atoms with van der Waals surface area (Å²) in [6, 6.07) is 0. The summed E-state index contributed by atoms with van der Waals surface area (Å²) < 4.78 is 30.9. The molecule has 0 aromatic heterocycles. The maximum absolute atomic E-state index is 12.4. The zero-order valence-corrected chi connectivity index (χ0v) is 14.0. The Morgan fingerprint density at radius 1 is 0.950 bits per heavy atom. The van der Waals surface area contributed by atoms with Crippen LogP contribution in [0.25, 0.3) is 0 Å². The number of hydrogen-bond acceptors (Lipinski definition) is 6. The van der Waals surface area contributed by atoms with Crippen LogP contribution in [0.1, 0.15) is 48.5 Å². The van der Waals surface area contributed by atoms with Crippen LogP contribution in [0.4, 0.5) is 0 Å². The van der Waals surface area contributed by atoms with Crippen molar-refractivity contribution in [1.82, 2.24) is 0 Å². The van der Waals surface area contributed by atoms with Crippen molar-refractivity contribution >= 4 is 22.7 Å². The van der Waals surface area contributed by atoms with Gasteiger partial charge in [0.05, 0.1) is 6.61 Å². The molecule has 0 spiro atoms. The maximum Gasteiger partial charge on any atom is 0.322 e. The van der Waals surface area contributed by atoms with Crippen LogP contribution in [0.5, 0.6) is 0 Å². The summed E-state index contributed by atoms with van der Waals surface area (Å²) in [6.07, 6.45) is 0. The van der Waals surface area contributed by atoms with E-state index in [1.807, 2.05) is 0 Å². The first-order chi connectivity index (χ1) is 8.70. The fourth-order valence-electron chi connectivity index (χ4n) is 1.62. The monoisotopic (exact) mass is 308 g/mol. The van der Waals surface area contributed by atoms with Crippen LogP contribution in [0, 0.1) is 10.8 Å². The Morgan fingerprint density at radius 3 is 1.70 bits per heavy atom. The highest BCUT2D eigenvalue weighted by Gasteiger charge is 2.48. The lowest BCUT2D eigenvalue weighted by Gasteiger charge is -2.33. The van der Waals surface area contributed by atoms with Gasteiger partial charge in [-0.2, -0.15) is 0 Å². The van der Waals surface area contributed by atoms with E-state index in [1.165, 1.54) is 6.92 Å². The lowest BCUT2D eigenvalue weighted by Crippen LogP contribution is -2.49. The van der Waals surface area contributed by atoms with Crippen LogP contribution in [0.15, 0.2) is 0 Å². The summed E-state index contributed by atoms with van der Waals surface area (Å²) in [7, 11) is -3.14. The molecule has 0 aliphatic rings. The van der Waals surface area contributed by atoms with E-state index >= 15 is 0 Å². The fourth-order valence-corrected chi connectivity index (χ4v) is 1.98. The number of esters is 1. The molecular formula is C13H24O6S. The molecule has 20 heavy (non-hydrogen) atoms. The number of carbonyl (C=O) groups is 2. The molecule has 0 fully saturated rings. The number of Topliss-reactive ketones (excluding diaryl/α,β-unsaturated/α-hetero) is 1. The summed E-state index contributed by atoms with van der Waals surface area (Å²) in [4.78, 5) is 24.7. The Morgan fingerprint density at radius 2 is 1.40 bits per heavy atom. The Bertz CT molecular complexity index is 444. The molecule has 0 radical (unpaired) electrons. The van der Waals surface area contributed by atoms with E-state index in [-0.39, 0.29) is 0 Å². The predicted molar refractivity (Wildman–Crippen MR) is 74.7 cm³/mol. The molecule has 0 N–H and O–H groups in total. The number of thiol groups is 1. The number of ether oxygens (including phenoxy) is 1. The van der Waals surface area contributed by atoms with Crippen molar-refractivity contribution in [3.05, 3.63) is 0 Å². The lowest BCUT2D eigenvalue weighted by atomic mass is 9.74. The SMILES string of the molecule is CC(C)(C)OC(=O)C(C)(CO[SH](=O)=O)C(=O)C(C)(C)C. The molecule has 0 heterocycles. The van der Waals surface area contributed by atoms with Crippen LogP contribution < -0.4 is 0 Å². The summed E-state index contributed by atoms with van der Waals surface area (Å²) in [6.45, 7) is 10.7. The van der Waals surface area contributed by atoms with Crippen molar-refractivity contribution in [2.45, 2.75) is 54.1 Å². The molecule has 1 unspecified atom stereocenters. The van der Waals surface area contributed by atoms with E-state index < -0.39 is 45.8 Å². The molecule has 0 saturated heterocycles. The van der Waals surface area contributed by atoms with Crippen LogP contribution in [0.3, 0.4) is 0 Å². The smallest absolute Gasteiger partial charge is 0.322 e. The van der Waals surface area contributed by atoms with Gasteiger partial charge in [-0.05, 0) is 27.7 Å². The standard InChI is InChI=1S/C13H24O6S/c1-11(2,3)9(14)13(7,8-18-20(16)17)10(15)19-12(4,5)6/h20H,8H2,1-7H3. The van der Waals surface area contributed by atoms with Gasteiger partial charge in [-0.1, -0.05) is 20.8 Å². The van der Waals surface area contributed by atoms with E-state index in [1.54, 1.807) is 41.5 Å². The third kappa shape index (κ3) is 5.58. The molecule has 0 amide bonds. The van der Waals surface area contributed by atoms with Gasteiger partial charge in [-0.15, -0.1) is 0 Å². The first-order valence-corrected chi connectivity index (χ1v) is 7.35. The molecule has 0 saturated carbocycles. The molecule has 7 heteroatoms. The molecule has 0 bridgehead atoms. The first-order valence-electron chi connectivity index (χ1n) is 6.26. The molecule has 0 rings (SSSR count). The molecule has 6 nitrogen and oxygen atoms in total. The fraction of sp³-hybridized carbons (Fsp3) is 0.846. The largest absolute Gasteiger partial charge is 0.459 e. The molecule has 118 valence electrons. The number of carbonyl (C=O) groups excluding carboxylic acids is 2. The second-order valence-electron chi connectivity index (χ2n) is 6.91. The molecule has 0 aliphatic heterocycles. The Balaban J connectivity index is 5.46. The van der Waals surface area contributed by atoms with E-state index in [0.717, 1.165) is 0 Å². The predicted octanol–water partition coefficient (Wildman–Crippen LogP) is 1.49. The summed E-state index contributed by atoms with van der Waals surface area (Å²) in [5.74, 6) is -1.22. The Hall–Kier alpha value is -0.950. The van der Waals surface area contributed by atoms with E-state index in [9.17, 15) is 18.0 Å². The minimum absolute atomic E-state index is 0.434. The Kier molecular flexibility index (Phi) is 5.92. The average Bonchev–Trinajstić information content (AvgIpc) is 2.20. The molecular weight excluding hydrogens is 284 g/mol. The highest BCUT2D eigenvalue weighted by atomic mass is 32.2. The third-order valence-electron chi connectivity index (χ3n) is 2.49. The second kappa shape index (κ2) is 6.22. The quantitative estimate of drug-likeness (QED) is 0.470. The van der Waals surface area contributed by atoms with Gasteiger partial charge in [0, 0.05) is 5.41 Å². The average molecular weight is 308 g/mol. The van der Waals surface area contributed by atoms with E-state index in [4.69, 9.17) is 4.74 Å². The van der Waals surface area contributed by atoms with Gasteiger partial charge < -0.3 is 4.74 Å². The number of hydrogen-bond donors (Lipinski definition) is 1. The van der Waals surface area contributed by atoms with Crippen LogP contribution in [0.2, 0.25) is 0 Å². The Labute approximate surface area is 122 Å². The summed E-state index contributed by atoms with van der Waals surface area (Å²) in [5.41, 5.74) is -3.28. The highest BCUT2D eigenvalue weighted by Crippen LogP contribution is 2.32. The maximum atomic E-state index is 12.4. The van der Waals surface area contributed by atoms with Crippen molar-refractivity contribution in [2.75, 3.05) is 6.61 Å². The van der Waals surface area contributed by atoms with Crippen molar-refractivity contribution in [3.8, 4) is 0 Å². The second-order valence-corrected chi connectivity index (χ2v) is 7.62. The van der Waals surface area contributed by atoms with E-state index in [2.05, 4.69) is 4.18 Å². The normalized spacial score (nSPS) is 15.8. The van der Waals surface area contributed by atoms with Gasteiger partial charge in [0.2, 0.25) is 0 Å². The van der Waals surface area contributed by atoms with E-state index in [0.29, 0.717) is 0 Å². The molecule has 1 atom stereocenters. The van der Waals surface area contributed by atoms with Gasteiger partial charge in [-0.3, -0.25) is 13.8 Å². The number of rotatable bonds is 5. The lowest BCUT2D eigenvalue weighted by molar-refractivity contribution is -0.173. The minimum Gasteiger partial charge on any atom is -0.459 e. The van der Waals surface area contributed by atoms with Gasteiger partial charge in [-0.25, -0.2) is 8.42 Å². The minimum atomic E-state index is -3.14. The zero-order chi connectivity index (χ0) is 16.4. The number of ketones is 1. The van der Waals surface area contributed by atoms with Crippen LogP contribution >= 0.6 is 0 Å². The van der Waals surface area contributed by atoms with Crippen molar-refractivity contribution in [2.24, 2.45) is 10.8 Å². The van der Waals surface area contributed by atoms with Gasteiger partial charge >= 0.3 is 5.97 Å². The molecule has 0 aromatic rings. The van der Waals surface area contributed by atoms with Crippen molar-refractivity contribution in [1.29, 1.82) is 0 Å². The van der Waals surface area contributed by atoms with Gasteiger partial charge in [0.15, 0.2) is 5.78 Å². The highest BCUT2D eigenvalue weighted by molar-refractivity contribution is 7.67. The third-order valence-corrected chi connectivity index (χ3v) is 2.83. The molecule has 0 aliphatic carbocycles. The summed E-state index contributed by atoms with van der Waals surface area (Å²) in [5, 5.41) is 0. The van der Waals surface area contributed by atoms with Crippen LogP contribution in [-0.4, -0.2) is 32.4 Å². The van der Waals surface area contributed by atoms with Crippen molar-refractivity contribution in [3.63, 3.8) is 0 Å². The topological polar surface area (TPSA) is 86.7 Å².